The largest absolute Gasteiger partial charge is 0.0622 e. The lowest BCUT2D eigenvalue weighted by Gasteiger charge is -2.17. The van der Waals surface area contributed by atoms with Crippen LogP contribution in [-0.4, -0.2) is 0 Å². The van der Waals surface area contributed by atoms with Gasteiger partial charge in [0.05, 0.1) is 0 Å². The van der Waals surface area contributed by atoms with E-state index in [0.29, 0.717) is 0 Å². The molecular weight excluding hydrogens is 463 g/mol. The molecule has 0 aliphatic carbocycles. The van der Waals surface area contributed by atoms with Crippen LogP contribution in [0.3, 0.4) is 0 Å². The van der Waals surface area contributed by atoms with Crippen molar-refractivity contribution in [1.29, 1.82) is 0 Å². The Morgan fingerprint density at radius 3 is 1.41 bits per heavy atom. The maximum atomic E-state index is 2.50. The summed E-state index contributed by atoms with van der Waals surface area (Å²) in [5.74, 6) is 0. The molecule has 0 atom stereocenters. The van der Waals surface area contributed by atoms with E-state index in [0.717, 1.165) is 0 Å². The minimum atomic E-state index is 1.19. The highest BCUT2D eigenvalue weighted by molar-refractivity contribution is 14.1. The van der Waals surface area contributed by atoms with Gasteiger partial charge in [0.2, 0.25) is 0 Å². The average Bonchev–Trinajstić information content (AvgIpc) is 2.81. The molecule has 0 N–H and O–H groups in total. The lowest BCUT2D eigenvalue weighted by Crippen LogP contribution is -1.94. The molecule has 4 rings (SSSR count). The first-order chi connectivity index (χ1) is 14.3. The first kappa shape index (κ1) is 19.4. The Labute approximate surface area is 186 Å². The Kier molecular flexibility index (Phi) is 6.38. The predicted molar refractivity (Wildman–Crippen MR) is 134 cm³/mol. The Morgan fingerprint density at radius 2 is 0.897 bits per heavy atom. The zero-order valence-electron chi connectivity index (χ0n) is 16.0. The number of hydrogen-bond acceptors (Lipinski definition) is 0. The van der Waals surface area contributed by atoms with E-state index in [1.807, 2.05) is 0 Å². The van der Waals surface area contributed by atoms with Crippen molar-refractivity contribution in [2.24, 2.45) is 0 Å². The summed E-state index contributed by atoms with van der Waals surface area (Å²) < 4.78 is 1.24. The van der Waals surface area contributed by atoms with Gasteiger partial charge in [-0.3, -0.25) is 0 Å². The Bertz CT molecular complexity index is 1110. The molecule has 0 heterocycles. The van der Waals surface area contributed by atoms with Gasteiger partial charge in [-0.25, -0.2) is 0 Å². The fraction of sp³-hybridized carbons (Fsp3) is 0. The summed E-state index contributed by atoms with van der Waals surface area (Å²) in [4.78, 5) is 0. The molecule has 0 spiro atoms. The van der Waals surface area contributed by atoms with E-state index in [4.69, 9.17) is 0 Å². The minimum Gasteiger partial charge on any atom is -0.0622 e. The van der Waals surface area contributed by atoms with Gasteiger partial charge in [-0.2, -0.15) is 0 Å². The van der Waals surface area contributed by atoms with Crippen LogP contribution in [0.15, 0.2) is 121 Å². The van der Waals surface area contributed by atoms with Gasteiger partial charge in [0.25, 0.3) is 0 Å². The highest BCUT2D eigenvalue weighted by Crippen LogP contribution is 2.41. The number of benzene rings is 4. The third-order valence-corrected chi connectivity index (χ3v) is 5.94. The summed E-state index contributed by atoms with van der Waals surface area (Å²) in [6, 6.07) is 42.5. The maximum Gasteiger partial charge on any atom is 0.0287 e. The molecule has 0 aromatic heterocycles. The summed E-state index contributed by atoms with van der Waals surface area (Å²) in [6.07, 6.45) is 2.29. The quantitative estimate of drug-likeness (QED) is 0.152. The summed E-state index contributed by atoms with van der Waals surface area (Å²) >= 11 is 2.50. The predicted octanol–water partition coefficient (Wildman–Crippen LogP) is 8.23. The van der Waals surface area contributed by atoms with Crippen molar-refractivity contribution in [2.75, 3.05) is 0 Å². The van der Waals surface area contributed by atoms with Gasteiger partial charge in [-0.1, -0.05) is 121 Å². The first-order valence-electron chi connectivity index (χ1n) is 9.66. The third kappa shape index (κ3) is 4.75. The van der Waals surface area contributed by atoms with E-state index in [1.165, 1.54) is 37.0 Å². The molecule has 4 aromatic rings. The van der Waals surface area contributed by atoms with Crippen molar-refractivity contribution in [3.8, 4) is 0 Å². The van der Waals surface area contributed by atoms with Crippen molar-refractivity contribution >= 4 is 43.4 Å². The summed E-state index contributed by atoms with van der Waals surface area (Å²) in [5, 5.41) is 0. The number of allylic oxidation sites excluding steroid dienone is 2. The molecule has 0 saturated carbocycles. The summed E-state index contributed by atoms with van der Waals surface area (Å²) in [5.41, 5.74) is 7.30. The van der Waals surface area contributed by atoms with Gasteiger partial charge in [0, 0.05) is 9.15 Å². The smallest absolute Gasteiger partial charge is 0.0287 e. The molecule has 1 heteroatoms. The number of halogens is 1. The molecule has 0 amide bonds. The molecule has 0 saturated heterocycles. The van der Waals surface area contributed by atoms with Crippen LogP contribution in [0.4, 0.5) is 0 Å². The van der Waals surface area contributed by atoms with E-state index in [9.17, 15) is 0 Å². The van der Waals surface area contributed by atoms with Crippen LogP contribution in [0.1, 0.15) is 22.3 Å². The topological polar surface area (TPSA) is 0 Å². The van der Waals surface area contributed by atoms with Crippen LogP contribution in [0.25, 0.3) is 20.8 Å². The molecule has 0 bridgehead atoms. The fourth-order valence-electron chi connectivity index (χ4n) is 3.37. The average molecular weight is 484 g/mol. The lowest BCUT2D eigenvalue weighted by molar-refractivity contribution is 1.58. The highest BCUT2D eigenvalue weighted by atomic mass is 127. The van der Waals surface area contributed by atoms with Gasteiger partial charge in [-0.15, -0.1) is 0 Å². The van der Waals surface area contributed by atoms with Crippen molar-refractivity contribution in [1.82, 2.24) is 0 Å². The van der Waals surface area contributed by atoms with Gasteiger partial charge in [-0.05, 0) is 56.5 Å². The molecule has 29 heavy (non-hydrogen) atoms. The Balaban J connectivity index is 2.01. The number of hydrogen-bond donors (Lipinski definition) is 0. The Morgan fingerprint density at radius 1 is 0.483 bits per heavy atom. The minimum absolute atomic E-state index is 1.19. The summed E-state index contributed by atoms with van der Waals surface area (Å²) in [6.45, 7) is 0. The fourth-order valence-corrected chi connectivity index (χ4v) is 4.33. The van der Waals surface area contributed by atoms with E-state index >= 15 is 0 Å². The van der Waals surface area contributed by atoms with Gasteiger partial charge >= 0.3 is 0 Å². The summed E-state index contributed by atoms with van der Waals surface area (Å²) in [7, 11) is 0. The lowest BCUT2D eigenvalue weighted by atomic mass is 9.89. The monoisotopic (exact) mass is 484 g/mol. The van der Waals surface area contributed by atoms with E-state index in [-0.39, 0.29) is 0 Å². The molecule has 4 aromatic carbocycles. The second-order valence-electron chi connectivity index (χ2n) is 6.76. The van der Waals surface area contributed by atoms with Crippen molar-refractivity contribution in [3.05, 3.63) is 144 Å². The molecule has 0 nitrogen and oxygen atoms in total. The molecule has 0 fully saturated rings. The maximum absolute atomic E-state index is 2.50. The zero-order valence-corrected chi connectivity index (χ0v) is 18.2. The SMILES string of the molecule is I/C(=C(/C(=C\c1ccccc1)c1ccccc1)c1ccccc1)c1ccccc1. The Hall–Kier alpha value is -2.91. The highest BCUT2D eigenvalue weighted by Gasteiger charge is 2.16. The molecule has 0 unspecified atom stereocenters. The van der Waals surface area contributed by atoms with Crippen LogP contribution < -0.4 is 0 Å². The van der Waals surface area contributed by atoms with E-state index in [2.05, 4.69) is 150 Å². The zero-order chi connectivity index (χ0) is 19.9. The van der Waals surface area contributed by atoms with Gasteiger partial charge in [0.15, 0.2) is 0 Å². The van der Waals surface area contributed by atoms with Crippen LogP contribution in [0.2, 0.25) is 0 Å². The van der Waals surface area contributed by atoms with Crippen molar-refractivity contribution in [3.63, 3.8) is 0 Å². The molecule has 0 aliphatic heterocycles. The standard InChI is InChI=1S/C28H21I/c29-28(25-19-11-4-12-20-25)27(24-17-9-3-10-18-24)26(23-15-7-2-8-16-23)21-22-13-5-1-6-14-22/h1-21H/b26-21-,28-27+. The van der Waals surface area contributed by atoms with E-state index < -0.39 is 0 Å². The van der Waals surface area contributed by atoms with Crippen molar-refractivity contribution < 1.29 is 0 Å². The second-order valence-corrected chi connectivity index (χ2v) is 7.83. The van der Waals surface area contributed by atoms with Crippen LogP contribution in [-0.2, 0) is 0 Å². The molecule has 0 radical (unpaired) electrons. The van der Waals surface area contributed by atoms with Crippen LogP contribution >= 0.6 is 22.6 Å². The van der Waals surface area contributed by atoms with Gasteiger partial charge < -0.3 is 0 Å². The molecule has 0 aliphatic rings. The third-order valence-electron chi connectivity index (χ3n) is 4.77. The number of rotatable bonds is 5. The van der Waals surface area contributed by atoms with Crippen molar-refractivity contribution in [2.45, 2.75) is 0 Å². The van der Waals surface area contributed by atoms with E-state index in [1.54, 1.807) is 0 Å². The second kappa shape index (κ2) is 9.53. The van der Waals surface area contributed by atoms with Crippen LogP contribution in [0, 0.1) is 0 Å². The first-order valence-corrected chi connectivity index (χ1v) is 10.7. The van der Waals surface area contributed by atoms with Gasteiger partial charge in [0.1, 0.15) is 0 Å². The normalized spacial score (nSPS) is 12.4. The van der Waals surface area contributed by atoms with Crippen LogP contribution in [0.5, 0.6) is 0 Å². The molecule has 140 valence electrons. The molecular formula is C28H21I.